The molecule has 9 heteroatoms. The van der Waals surface area contributed by atoms with Crippen molar-refractivity contribution in [3.8, 4) is 0 Å². The third-order valence-corrected chi connectivity index (χ3v) is 6.85. The Morgan fingerprint density at radius 3 is 2.59 bits per heavy atom. The molecule has 3 N–H and O–H groups in total. The van der Waals surface area contributed by atoms with Crippen LogP contribution in [0.1, 0.15) is 66.7 Å². The molecule has 0 aromatic carbocycles. The Balaban J connectivity index is 2.45. The van der Waals surface area contributed by atoms with E-state index in [0.717, 1.165) is 27.4 Å². The van der Waals surface area contributed by atoms with Gasteiger partial charge in [0.2, 0.25) is 0 Å². The van der Waals surface area contributed by atoms with Gasteiger partial charge in [-0.05, 0) is 54.2 Å². The van der Waals surface area contributed by atoms with Crippen molar-refractivity contribution >= 4 is 29.3 Å². The van der Waals surface area contributed by atoms with Gasteiger partial charge < -0.3 is 15.4 Å². The number of primary amides is 1. The summed E-state index contributed by atoms with van der Waals surface area (Å²) >= 11 is 7.84. The van der Waals surface area contributed by atoms with Crippen LogP contribution in [0.25, 0.3) is 0 Å². The number of aromatic nitrogens is 2. The van der Waals surface area contributed by atoms with E-state index in [1.807, 2.05) is 38.1 Å². The third-order valence-electron chi connectivity index (χ3n) is 5.43. The molecule has 0 fully saturated rings. The number of rotatable bonds is 13. The predicted molar refractivity (Wildman–Crippen MR) is 139 cm³/mol. The zero-order valence-electron chi connectivity index (χ0n) is 20.1. The summed E-state index contributed by atoms with van der Waals surface area (Å²) in [5.41, 5.74) is 10.0. The summed E-state index contributed by atoms with van der Waals surface area (Å²) < 4.78 is 2.13. The molecule has 2 aromatic rings. The first-order chi connectivity index (χ1) is 16.2. The van der Waals surface area contributed by atoms with Crippen LogP contribution in [-0.4, -0.2) is 39.0 Å². The lowest BCUT2D eigenvalue weighted by atomic mass is 10.0. The van der Waals surface area contributed by atoms with Crippen molar-refractivity contribution in [3.63, 3.8) is 0 Å². The Morgan fingerprint density at radius 1 is 1.35 bits per heavy atom. The molecule has 1 atom stereocenters. The molecule has 2 aromatic heterocycles. The van der Waals surface area contributed by atoms with E-state index in [1.165, 1.54) is 0 Å². The normalized spacial score (nSPS) is 13.4. The highest BCUT2D eigenvalue weighted by atomic mass is 35.5. The number of nitrogens with two attached hydrogens (primary N) is 1. The van der Waals surface area contributed by atoms with Gasteiger partial charge in [0.05, 0.1) is 16.7 Å². The van der Waals surface area contributed by atoms with Crippen molar-refractivity contribution in [1.82, 2.24) is 9.55 Å². The van der Waals surface area contributed by atoms with Gasteiger partial charge in [0.15, 0.2) is 0 Å². The monoisotopic (exact) mass is 504 g/mol. The van der Waals surface area contributed by atoms with Crippen LogP contribution in [0.2, 0.25) is 0 Å². The van der Waals surface area contributed by atoms with Gasteiger partial charge in [0.1, 0.15) is 6.54 Å². The topological polar surface area (TPSA) is 111 Å². The van der Waals surface area contributed by atoms with Crippen molar-refractivity contribution in [2.45, 2.75) is 64.1 Å². The second-order valence-electron chi connectivity index (χ2n) is 8.34. The first-order valence-electron chi connectivity index (χ1n) is 11.3. The van der Waals surface area contributed by atoms with Crippen LogP contribution in [0.4, 0.5) is 0 Å². The standard InChI is InChI=1S/C25H33ClN4O3S/c1-5-20(26)12-19(13-21(31)14-29-33)8-11-34-25-22(16(2)3)23(24(27)32)17(4)30(25)15-18-6-9-28-10-7-18/h6-10,12,16,21,31H,5,11,13-15H2,1-4H3,(H2,27,32)/b19-8+,20-12+. The van der Waals surface area contributed by atoms with Crippen LogP contribution in [-0.2, 0) is 6.54 Å². The first-order valence-corrected chi connectivity index (χ1v) is 12.6. The van der Waals surface area contributed by atoms with Gasteiger partial charge in [0, 0.05) is 41.8 Å². The number of aliphatic hydroxyl groups is 1. The van der Waals surface area contributed by atoms with Gasteiger partial charge in [-0.25, -0.2) is 0 Å². The molecule has 2 rings (SSSR count). The van der Waals surface area contributed by atoms with E-state index >= 15 is 0 Å². The number of nitrogens with zero attached hydrogens (tertiary/aromatic N) is 3. The predicted octanol–water partition coefficient (Wildman–Crippen LogP) is 5.53. The van der Waals surface area contributed by atoms with E-state index in [4.69, 9.17) is 17.3 Å². The summed E-state index contributed by atoms with van der Waals surface area (Å²) in [5.74, 6) is 0.245. The fourth-order valence-electron chi connectivity index (χ4n) is 3.75. The SMILES string of the molecule is CC/C(Cl)=C\C(=C/CSc1c(C(C)C)c(C(N)=O)c(C)n1Cc1ccncc1)CC(O)CN=O. The first kappa shape index (κ1) is 27.8. The van der Waals surface area contributed by atoms with E-state index in [-0.39, 0.29) is 18.9 Å². The minimum Gasteiger partial charge on any atom is -0.391 e. The molecule has 2 heterocycles. The summed E-state index contributed by atoms with van der Waals surface area (Å²) in [6.45, 7) is 8.39. The molecule has 0 aliphatic rings. The lowest BCUT2D eigenvalue weighted by molar-refractivity contribution is 0.0998. The second kappa shape index (κ2) is 13.5. The van der Waals surface area contributed by atoms with Crippen molar-refractivity contribution in [3.05, 3.63) is 74.6 Å². The quantitative estimate of drug-likeness (QED) is 0.211. The van der Waals surface area contributed by atoms with Crippen LogP contribution in [0.15, 0.2) is 57.5 Å². The Kier molecular flexibility index (Phi) is 11.0. The maximum atomic E-state index is 12.4. The summed E-state index contributed by atoms with van der Waals surface area (Å²) in [5, 5.41) is 14.5. The number of pyridine rings is 1. The van der Waals surface area contributed by atoms with Gasteiger partial charge >= 0.3 is 0 Å². The molecule has 0 bridgehead atoms. The number of amides is 1. The minimum atomic E-state index is -0.864. The molecule has 1 amide bonds. The molecule has 7 nitrogen and oxygen atoms in total. The number of aliphatic hydroxyl groups excluding tert-OH is 1. The molecule has 0 aliphatic heterocycles. The largest absolute Gasteiger partial charge is 0.391 e. The molecule has 0 radical (unpaired) electrons. The van der Waals surface area contributed by atoms with Crippen molar-refractivity contribution in [2.24, 2.45) is 10.9 Å². The fourth-order valence-corrected chi connectivity index (χ4v) is 5.20. The molecular formula is C25H33ClN4O3S. The van der Waals surface area contributed by atoms with Gasteiger partial charge in [-0.3, -0.25) is 9.78 Å². The maximum Gasteiger partial charge on any atom is 0.250 e. The number of carbonyl (C=O) groups excluding carboxylic acids is 1. The number of carbonyl (C=O) groups is 1. The van der Waals surface area contributed by atoms with Gasteiger partial charge in [-0.1, -0.05) is 43.6 Å². The molecule has 0 saturated heterocycles. The van der Waals surface area contributed by atoms with E-state index in [9.17, 15) is 14.8 Å². The summed E-state index contributed by atoms with van der Waals surface area (Å²) in [7, 11) is 0. The highest BCUT2D eigenvalue weighted by Gasteiger charge is 2.25. The number of hydrogen-bond donors (Lipinski definition) is 2. The van der Waals surface area contributed by atoms with Crippen molar-refractivity contribution in [2.75, 3.05) is 12.3 Å². The molecule has 0 saturated carbocycles. The van der Waals surface area contributed by atoms with Crippen LogP contribution < -0.4 is 5.73 Å². The van der Waals surface area contributed by atoms with E-state index < -0.39 is 12.0 Å². The van der Waals surface area contributed by atoms with Crippen molar-refractivity contribution in [1.29, 1.82) is 0 Å². The van der Waals surface area contributed by atoms with Crippen LogP contribution in [0, 0.1) is 11.8 Å². The number of hydrogen-bond acceptors (Lipinski definition) is 6. The van der Waals surface area contributed by atoms with Crippen molar-refractivity contribution < 1.29 is 9.90 Å². The summed E-state index contributed by atoms with van der Waals surface area (Å²) in [6.07, 6.45) is 7.40. The minimum absolute atomic E-state index is 0.0979. The fraction of sp³-hybridized carbons (Fsp3) is 0.440. The van der Waals surface area contributed by atoms with E-state index in [2.05, 4.69) is 28.6 Å². The molecular weight excluding hydrogens is 472 g/mol. The summed E-state index contributed by atoms with van der Waals surface area (Å²) in [6, 6.07) is 3.90. The molecule has 34 heavy (non-hydrogen) atoms. The molecule has 0 spiro atoms. The number of thioether (sulfide) groups is 1. The Morgan fingerprint density at radius 2 is 2.03 bits per heavy atom. The molecule has 0 aliphatic carbocycles. The maximum absolute atomic E-state index is 12.4. The molecule has 184 valence electrons. The Hall–Kier alpha value is -2.42. The second-order valence-corrected chi connectivity index (χ2v) is 9.84. The summed E-state index contributed by atoms with van der Waals surface area (Å²) in [4.78, 5) is 27.0. The molecule has 1 unspecified atom stereocenters. The number of nitroso groups, excluding NO2 is 1. The van der Waals surface area contributed by atoms with Crippen LogP contribution in [0.3, 0.4) is 0 Å². The van der Waals surface area contributed by atoms with Gasteiger partial charge in [-0.15, -0.1) is 11.8 Å². The van der Waals surface area contributed by atoms with Crippen LogP contribution in [0.5, 0.6) is 0 Å². The number of allylic oxidation sites excluding steroid dienone is 2. The van der Waals surface area contributed by atoms with Gasteiger partial charge in [-0.2, -0.15) is 4.91 Å². The van der Waals surface area contributed by atoms with Crippen LogP contribution >= 0.6 is 23.4 Å². The Labute approximate surface area is 210 Å². The number of halogens is 1. The zero-order valence-corrected chi connectivity index (χ0v) is 21.7. The average molecular weight is 505 g/mol. The Bertz CT molecular complexity index is 1050. The van der Waals surface area contributed by atoms with Gasteiger partial charge in [0.25, 0.3) is 5.91 Å². The lowest BCUT2D eigenvalue weighted by Crippen LogP contribution is -2.14. The highest BCUT2D eigenvalue weighted by Crippen LogP contribution is 2.37. The highest BCUT2D eigenvalue weighted by molar-refractivity contribution is 7.99. The lowest BCUT2D eigenvalue weighted by Gasteiger charge is -2.14. The third kappa shape index (κ3) is 7.55. The average Bonchev–Trinajstić information content (AvgIpc) is 3.06. The van der Waals surface area contributed by atoms with E-state index in [0.29, 0.717) is 29.3 Å². The van der Waals surface area contributed by atoms with E-state index in [1.54, 1.807) is 24.2 Å². The smallest absolute Gasteiger partial charge is 0.250 e. The zero-order chi connectivity index (χ0) is 25.3.